The molecule has 10 aromatic carbocycles. The molecule has 0 amide bonds. The maximum atomic E-state index is 7.10. The normalized spacial score (nSPS) is 12.3. The van der Waals surface area contributed by atoms with Crippen LogP contribution in [0.25, 0.3) is 109 Å². The van der Waals surface area contributed by atoms with Gasteiger partial charge < -0.3 is 4.42 Å². The van der Waals surface area contributed by atoms with Crippen molar-refractivity contribution in [3.63, 3.8) is 0 Å². The first-order valence-electron chi connectivity index (χ1n) is 16.3. The van der Waals surface area contributed by atoms with Gasteiger partial charge in [0, 0.05) is 21.7 Å². The van der Waals surface area contributed by atoms with Crippen molar-refractivity contribution in [2.75, 3.05) is 0 Å². The molecule has 1 nitrogen and oxygen atoms in total. The molecule has 0 atom stereocenters. The van der Waals surface area contributed by atoms with Crippen LogP contribution in [0.5, 0.6) is 0 Å². The largest absolute Gasteiger partial charge is 0.455 e. The van der Waals surface area contributed by atoms with E-state index in [1.165, 1.54) is 75.9 Å². The molecule has 0 bridgehead atoms. The molecule has 0 saturated heterocycles. The van der Waals surface area contributed by atoms with Gasteiger partial charge in [-0.3, -0.25) is 0 Å². The Balaban J connectivity index is 1.31. The second-order valence-corrected chi connectivity index (χ2v) is 12.8. The van der Waals surface area contributed by atoms with Crippen LogP contribution < -0.4 is 0 Å². The maximum absolute atomic E-state index is 7.10. The summed E-state index contributed by atoms with van der Waals surface area (Å²) < 4.78 is 7.10. The summed E-state index contributed by atoms with van der Waals surface area (Å²) in [6.45, 7) is 0. The summed E-state index contributed by atoms with van der Waals surface area (Å²) in [5.74, 6) is 0. The fourth-order valence-electron chi connectivity index (χ4n) is 8.29. The predicted molar refractivity (Wildman–Crippen MR) is 201 cm³/mol. The number of rotatable bonds is 2. The van der Waals surface area contributed by atoms with Crippen molar-refractivity contribution in [2.24, 2.45) is 0 Å². The first-order chi connectivity index (χ1) is 23.3. The SMILES string of the molecule is c1ccc2c(c1)cc(-c1ccc(-c3ccc4ccc5cccc6ccc3c4c56)c3c1oc1c4ccccc4ccc13)c1ccccc12. The first kappa shape index (κ1) is 25.1. The van der Waals surface area contributed by atoms with E-state index >= 15 is 0 Å². The topological polar surface area (TPSA) is 13.1 Å². The maximum Gasteiger partial charge on any atom is 0.143 e. The van der Waals surface area contributed by atoms with Crippen molar-refractivity contribution in [2.45, 2.75) is 0 Å². The van der Waals surface area contributed by atoms with Gasteiger partial charge in [-0.2, -0.15) is 0 Å². The highest BCUT2D eigenvalue weighted by molar-refractivity contribution is 6.29. The molecule has 11 aromatic rings. The first-order valence-corrected chi connectivity index (χ1v) is 16.3. The highest BCUT2D eigenvalue weighted by atomic mass is 16.3. The van der Waals surface area contributed by atoms with Gasteiger partial charge in [0.05, 0.1) is 0 Å². The molecular weight excluding hydrogens is 569 g/mol. The van der Waals surface area contributed by atoms with Crippen molar-refractivity contribution < 1.29 is 4.42 Å². The highest BCUT2D eigenvalue weighted by Crippen LogP contribution is 2.48. The molecule has 0 radical (unpaired) electrons. The van der Waals surface area contributed by atoms with Crippen molar-refractivity contribution in [3.05, 3.63) is 158 Å². The lowest BCUT2D eigenvalue weighted by Gasteiger charge is -2.16. The summed E-state index contributed by atoms with van der Waals surface area (Å²) >= 11 is 0. The van der Waals surface area contributed by atoms with E-state index in [9.17, 15) is 0 Å². The van der Waals surface area contributed by atoms with Crippen LogP contribution >= 0.6 is 0 Å². The monoisotopic (exact) mass is 594 g/mol. The summed E-state index contributed by atoms with van der Waals surface area (Å²) in [6.07, 6.45) is 0. The average Bonchev–Trinajstić information content (AvgIpc) is 3.54. The zero-order chi connectivity index (χ0) is 30.6. The van der Waals surface area contributed by atoms with Gasteiger partial charge >= 0.3 is 0 Å². The van der Waals surface area contributed by atoms with Crippen LogP contribution in [-0.2, 0) is 0 Å². The van der Waals surface area contributed by atoms with Crippen LogP contribution in [0.1, 0.15) is 0 Å². The van der Waals surface area contributed by atoms with Crippen LogP contribution in [0.15, 0.2) is 162 Å². The molecule has 0 aliphatic rings. The third kappa shape index (κ3) is 3.38. The zero-order valence-corrected chi connectivity index (χ0v) is 25.4. The lowest BCUT2D eigenvalue weighted by atomic mass is 9.87. The molecule has 0 N–H and O–H groups in total. The third-order valence-electron chi connectivity index (χ3n) is 10.4. The van der Waals surface area contributed by atoms with Crippen molar-refractivity contribution in [1.29, 1.82) is 0 Å². The van der Waals surface area contributed by atoms with Crippen molar-refractivity contribution in [1.82, 2.24) is 0 Å². The van der Waals surface area contributed by atoms with Gasteiger partial charge in [0.25, 0.3) is 0 Å². The van der Waals surface area contributed by atoms with Crippen LogP contribution in [-0.4, -0.2) is 0 Å². The molecule has 1 aromatic heterocycles. The summed E-state index contributed by atoms with van der Waals surface area (Å²) in [4.78, 5) is 0. The molecule has 0 aliphatic heterocycles. The van der Waals surface area contributed by atoms with Gasteiger partial charge in [0.15, 0.2) is 0 Å². The Morgan fingerprint density at radius 2 is 0.830 bits per heavy atom. The molecule has 0 saturated carbocycles. The summed E-state index contributed by atoms with van der Waals surface area (Å²) in [5.41, 5.74) is 6.60. The summed E-state index contributed by atoms with van der Waals surface area (Å²) in [7, 11) is 0. The Hall–Kier alpha value is -6.18. The van der Waals surface area contributed by atoms with Crippen LogP contribution in [0.4, 0.5) is 0 Å². The van der Waals surface area contributed by atoms with E-state index in [0.29, 0.717) is 0 Å². The molecule has 1 heterocycles. The number of benzene rings is 10. The average molecular weight is 595 g/mol. The van der Waals surface area contributed by atoms with Gasteiger partial charge in [0.2, 0.25) is 0 Å². The minimum atomic E-state index is 0.931. The summed E-state index contributed by atoms with van der Waals surface area (Å²) in [5, 5.41) is 17.4. The van der Waals surface area contributed by atoms with Crippen molar-refractivity contribution in [3.8, 4) is 22.3 Å². The minimum Gasteiger partial charge on any atom is -0.455 e. The molecule has 0 aliphatic carbocycles. The second-order valence-electron chi connectivity index (χ2n) is 12.8. The Morgan fingerprint density at radius 1 is 0.255 bits per heavy atom. The minimum absolute atomic E-state index is 0.931. The fourth-order valence-corrected chi connectivity index (χ4v) is 8.29. The zero-order valence-electron chi connectivity index (χ0n) is 25.4. The lowest BCUT2D eigenvalue weighted by Crippen LogP contribution is -1.89. The summed E-state index contributed by atoms with van der Waals surface area (Å²) in [6, 6.07) is 57.8. The number of hydrogen-bond donors (Lipinski definition) is 0. The molecule has 1 heteroatoms. The second kappa shape index (κ2) is 9.19. The van der Waals surface area contributed by atoms with E-state index in [4.69, 9.17) is 4.42 Å². The number of hydrogen-bond acceptors (Lipinski definition) is 1. The van der Waals surface area contributed by atoms with Crippen molar-refractivity contribution >= 4 is 86.6 Å². The van der Waals surface area contributed by atoms with Gasteiger partial charge in [-0.1, -0.05) is 140 Å². The number of fused-ring (bicyclic) bond motifs is 8. The molecule has 0 spiro atoms. The van der Waals surface area contributed by atoms with Gasteiger partial charge in [0.1, 0.15) is 11.2 Å². The molecule has 47 heavy (non-hydrogen) atoms. The fraction of sp³-hybridized carbons (Fsp3) is 0. The standard InChI is InChI=1S/C46H26O/c1-4-13-33-27(8-1)18-23-40-44-38(36-21-19-30-17-16-28-10-7-11-29-20-22-37(36)43(30)42(28)29)24-25-39(46(44)47-45(33)40)41-26-31-9-2-3-12-32(31)34-14-5-6-15-35(34)41/h1-26H. The lowest BCUT2D eigenvalue weighted by molar-refractivity contribution is 0.674. The van der Waals surface area contributed by atoms with Crippen LogP contribution in [0, 0.1) is 0 Å². The third-order valence-corrected chi connectivity index (χ3v) is 10.4. The Kier molecular flexibility index (Phi) is 4.90. The van der Waals surface area contributed by atoms with E-state index in [0.717, 1.165) is 32.9 Å². The quantitative estimate of drug-likeness (QED) is 0.182. The van der Waals surface area contributed by atoms with Gasteiger partial charge in [-0.15, -0.1) is 0 Å². The van der Waals surface area contributed by atoms with Gasteiger partial charge in [-0.05, 0) is 94.1 Å². The number of furan rings is 1. The molecular formula is C46H26O. The highest BCUT2D eigenvalue weighted by Gasteiger charge is 2.22. The smallest absolute Gasteiger partial charge is 0.143 e. The molecule has 216 valence electrons. The Labute approximate surface area is 270 Å². The van der Waals surface area contributed by atoms with E-state index in [1.54, 1.807) is 0 Å². The van der Waals surface area contributed by atoms with Crippen LogP contribution in [0.3, 0.4) is 0 Å². The van der Waals surface area contributed by atoms with Gasteiger partial charge in [-0.25, -0.2) is 0 Å². The van der Waals surface area contributed by atoms with E-state index in [-0.39, 0.29) is 0 Å². The molecule has 11 rings (SSSR count). The van der Waals surface area contributed by atoms with E-state index < -0.39 is 0 Å². The Bertz CT molecular complexity index is 3050. The van der Waals surface area contributed by atoms with Crippen LogP contribution in [0.2, 0.25) is 0 Å². The molecule has 0 unspecified atom stereocenters. The van der Waals surface area contributed by atoms with E-state index in [1.807, 2.05) is 0 Å². The van der Waals surface area contributed by atoms with E-state index in [2.05, 4.69) is 158 Å². The molecule has 0 fully saturated rings. The predicted octanol–water partition coefficient (Wildman–Crippen LogP) is 13.3. The Morgan fingerprint density at radius 3 is 1.68 bits per heavy atom.